The SMILES string of the molecule is CCCCCC(C)(C=C[C@@H]1C(CC=CCCCC(=O)OC)=CC[C@H]1OC1CCCCO1)OC1CCCCO1. The summed E-state index contributed by atoms with van der Waals surface area (Å²) in [4.78, 5) is 11.4. The minimum Gasteiger partial charge on any atom is -0.469 e. The molecule has 0 N–H and O–H groups in total. The van der Waals surface area contributed by atoms with Crippen molar-refractivity contribution in [3.63, 3.8) is 0 Å². The van der Waals surface area contributed by atoms with Gasteiger partial charge in [-0.05, 0) is 77.6 Å². The van der Waals surface area contributed by atoms with E-state index in [0.717, 1.165) is 90.3 Å². The molecule has 0 amide bonds. The third-order valence-electron chi connectivity index (χ3n) is 7.88. The summed E-state index contributed by atoms with van der Waals surface area (Å²) in [6.07, 6.45) is 26.2. The van der Waals surface area contributed by atoms with Gasteiger partial charge in [0.15, 0.2) is 12.6 Å². The number of hydrogen-bond donors (Lipinski definition) is 0. The molecular formula is C32H52O6. The summed E-state index contributed by atoms with van der Waals surface area (Å²) in [6.45, 7) is 6.04. The van der Waals surface area contributed by atoms with Crippen LogP contribution in [0, 0.1) is 5.92 Å². The fourth-order valence-corrected chi connectivity index (χ4v) is 5.53. The van der Waals surface area contributed by atoms with Crippen molar-refractivity contribution in [2.24, 2.45) is 5.92 Å². The van der Waals surface area contributed by atoms with Gasteiger partial charge in [0, 0.05) is 25.6 Å². The minimum absolute atomic E-state index is 0.0860. The number of unbranched alkanes of at least 4 members (excludes halogenated alkanes) is 3. The molecule has 2 saturated heterocycles. The third-order valence-corrected chi connectivity index (χ3v) is 7.88. The molecule has 0 spiro atoms. The average Bonchev–Trinajstić information content (AvgIpc) is 3.31. The number of carbonyl (C=O) groups is 1. The van der Waals surface area contributed by atoms with Crippen molar-refractivity contribution in [2.45, 2.75) is 134 Å². The average molecular weight is 533 g/mol. The third kappa shape index (κ3) is 11.0. The van der Waals surface area contributed by atoms with Crippen LogP contribution in [-0.4, -0.2) is 50.6 Å². The summed E-state index contributed by atoms with van der Waals surface area (Å²) in [5, 5.41) is 0. The highest BCUT2D eigenvalue weighted by atomic mass is 16.7. The first-order valence-electron chi connectivity index (χ1n) is 15.2. The van der Waals surface area contributed by atoms with Crippen LogP contribution in [0.3, 0.4) is 0 Å². The van der Waals surface area contributed by atoms with E-state index >= 15 is 0 Å². The van der Waals surface area contributed by atoms with Crippen molar-refractivity contribution in [1.29, 1.82) is 0 Å². The Morgan fingerprint density at radius 2 is 1.82 bits per heavy atom. The van der Waals surface area contributed by atoms with E-state index in [4.69, 9.17) is 23.7 Å². The lowest BCUT2D eigenvalue weighted by molar-refractivity contribution is -0.208. The van der Waals surface area contributed by atoms with Crippen molar-refractivity contribution < 1.29 is 28.5 Å². The largest absolute Gasteiger partial charge is 0.469 e. The van der Waals surface area contributed by atoms with Gasteiger partial charge in [-0.2, -0.15) is 0 Å². The van der Waals surface area contributed by atoms with Crippen molar-refractivity contribution in [3.05, 3.63) is 36.0 Å². The Balaban J connectivity index is 1.67. The van der Waals surface area contributed by atoms with Gasteiger partial charge in [-0.25, -0.2) is 0 Å². The molecule has 3 rings (SSSR count). The maximum absolute atomic E-state index is 11.4. The zero-order chi connectivity index (χ0) is 27.1. The second-order valence-corrected chi connectivity index (χ2v) is 11.2. The molecule has 5 atom stereocenters. The Labute approximate surface area is 231 Å². The zero-order valence-corrected chi connectivity index (χ0v) is 24.2. The fraction of sp³-hybridized carbons (Fsp3) is 0.781. The van der Waals surface area contributed by atoms with E-state index in [1.165, 1.54) is 25.5 Å². The lowest BCUT2D eigenvalue weighted by Crippen LogP contribution is -2.36. The monoisotopic (exact) mass is 532 g/mol. The van der Waals surface area contributed by atoms with E-state index < -0.39 is 0 Å². The predicted molar refractivity (Wildman–Crippen MR) is 151 cm³/mol. The minimum atomic E-state index is -0.361. The highest BCUT2D eigenvalue weighted by Crippen LogP contribution is 2.36. The van der Waals surface area contributed by atoms with E-state index in [2.05, 4.69) is 44.2 Å². The molecule has 0 saturated carbocycles. The molecule has 0 bridgehead atoms. The standard InChI is InChI=1S/C32H52O6/c1-4-5-12-22-32(2,38-31-18-11-14-25-36-31)23-21-27-26(15-8-6-7-9-16-29(33)34-3)19-20-28(27)37-30-17-10-13-24-35-30/h6,8,19,21,23,27-28,30-31H,4-5,7,9-18,20,22,24-25H2,1-3H3/t27-,28-,30?,31?,32?/m1/s1. The summed E-state index contributed by atoms with van der Waals surface area (Å²) < 4.78 is 29.8. The molecule has 0 radical (unpaired) electrons. The van der Waals surface area contributed by atoms with E-state index in [9.17, 15) is 4.79 Å². The van der Waals surface area contributed by atoms with Crippen LogP contribution < -0.4 is 0 Å². The number of methoxy groups -OCH3 is 1. The summed E-state index contributed by atoms with van der Waals surface area (Å²) >= 11 is 0. The van der Waals surface area contributed by atoms with Crippen LogP contribution in [0.5, 0.6) is 0 Å². The number of carbonyl (C=O) groups excluding carboxylic acids is 1. The van der Waals surface area contributed by atoms with Crippen molar-refractivity contribution in [1.82, 2.24) is 0 Å². The summed E-state index contributed by atoms with van der Waals surface area (Å²) in [6, 6.07) is 0. The molecule has 2 aliphatic heterocycles. The first kappa shape index (κ1) is 31.1. The van der Waals surface area contributed by atoms with Gasteiger partial charge in [0.05, 0.1) is 18.8 Å². The summed E-state index contributed by atoms with van der Waals surface area (Å²) in [5.74, 6) is 0.0523. The van der Waals surface area contributed by atoms with Crippen molar-refractivity contribution in [3.8, 4) is 0 Å². The van der Waals surface area contributed by atoms with Crippen LogP contribution in [0.4, 0.5) is 0 Å². The quantitative estimate of drug-likeness (QED) is 0.116. The lowest BCUT2D eigenvalue weighted by atomic mass is 9.91. The topological polar surface area (TPSA) is 63.2 Å². The molecule has 0 aromatic rings. The molecule has 38 heavy (non-hydrogen) atoms. The van der Waals surface area contributed by atoms with Crippen LogP contribution in [0.15, 0.2) is 36.0 Å². The van der Waals surface area contributed by atoms with Crippen LogP contribution in [-0.2, 0) is 28.5 Å². The second kappa shape index (κ2) is 17.3. The molecule has 3 unspecified atom stereocenters. The molecule has 6 nitrogen and oxygen atoms in total. The lowest BCUT2D eigenvalue weighted by Gasteiger charge is -2.34. The Morgan fingerprint density at radius 1 is 1.05 bits per heavy atom. The van der Waals surface area contributed by atoms with E-state index in [1.54, 1.807) is 0 Å². The Bertz CT molecular complexity index is 762. The Morgan fingerprint density at radius 3 is 2.50 bits per heavy atom. The molecule has 2 fully saturated rings. The van der Waals surface area contributed by atoms with Crippen LogP contribution in [0.25, 0.3) is 0 Å². The first-order valence-corrected chi connectivity index (χ1v) is 15.2. The van der Waals surface area contributed by atoms with Crippen LogP contribution >= 0.6 is 0 Å². The molecule has 2 heterocycles. The number of rotatable bonds is 16. The Kier molecular flexibility index (Phi) is 14.1. The van der Waals surface area contributed by atoms with E-state index in [1.807, 2.05) is 0 Å². The molecular weight excluding hydrogens is 480 g/mol. The second-order valence-electron chi connectivity index (χ2n) is 11.2. The molecule has 0 aromatic heterocycles. The fourth-order valence-electron chi connectivity index (χ4n) is 5.53. The van der Waals surface area contributed by atoms with E-state index in [0.29, 0.717) is 6.42 Å². The maximum atomic E-state index is 11.4. The normalized spacial score (nSPS) is 28.0. The molecule has 1 aliphatic carbocycles. The van der Waals surface area contributed by atoms with Gasteiger partial charge >= 0.3 is 5.97 Å². The van der Waals surface area contributed by atoms with Gasteiger partial charge < -0.3 is 23.7 Å². The molecule has 0 aromatic carbocycles. The van der Waals surface area contributed by atoms with Gasteiger partial charge in [0.2, 0.25) is 0 Å². The summed E-state index contributed by atoms with van der Waals surface area (Å²) in [5.41, 5.74) is 1.02. The predicted octanol–water partition coefficient (Wildman–Crippen LogP) is 7.57. The number of hydrogen-bond acceptors (Lipinski definition) is 6. The number of ether oxygens (including phenoxy) is 5. The summed E-state index contributed by atoms with van der Waals surface area (Å²) in [7, 11) is 1.44. The molecule has 6 heteroatoms. The van der Waals surface area contributed by atoms with Crippen molar-refractivity contribution >= 4 is 5.97 Å². The number of allylic oxidation sites excluding steroid dienone is 2. The van der Waals surface area contributed by atoms with Gasteiger partial charge in [0.25, 0.3) is 0 Å². The molecule has 3 aliphatic rings. The van der Waals surface area contributed by atoms with Gasteiger partial charge in [-0.15, -0.1) is 0 Å². The van der Waals surface area contributed by atoms with Crippen LogP contribution in [0.1, 0.15) is 110 Å². The highest BCUT2D eigenvalue weighted by Gasteiger charge is 2.33. The van der Waals surface area contributed by atoms with Gasteiger partial charge in [-0.3, -0.25) is 4.79 Å². The van der Waals surface area contributed by atoms with Gasteiger partial charge in [-0.1, -0.05) is 62.1 Å². The molecule has 216 valence electrons. The number of esters is 1. The maximum Gasteiger partial charge on any atom is 0.305 e. The van der Waals surface area contributed by atoms with E-state index in [-0.39, 0.29) is 36.2 Å². The smallest absolute Gasteiger partial charge is 0.305 e. The van der Waals surface area contributed by atoms with Gasteiger partial charge in [0.1, 0.15) is 0 Å². The Hall–Kier alpha value is -1.47. The first-order chi connectivity index (χ1) is 18.5. The highest BCUT2D eigenvalue weighted by molar-refractivity contribution is 5.69. The van der Waals surface area contributed by atoms with Crippen LogP contribution in [0.2, 0.25) is 0 Å². The van der Waals surface area contributed by atoms with Crippen molar-refractivity contribution in [2.75, 3.05) is 20.3 Å². The zero-order valence-electron chi connectivity index (χ0n) is 24.2.